The minimum Gasteiger partial charge on any atom is -0.465 e. The molecule has 0 saturated carbocycles. The predicted octanol–water partition coefficient (Wildman–Crippen LogP) is 1.75. The zero-order chi connectivity index (χ0) is 17.2. The Labute approximate surface area is 137 Å². The van der Waals surface area contributed by atoms with Gasteiger partial charge in [0, 0.05) is 19.3 Å². The van der Waals surface area contributed by atoms with Gasteiger partial charge in [-0.1, -0.05) is 12.1 Å². The number of esters is 1. The number of methoxy groups -OCH3 is 1. The van der Waals surface area contributed by atoms with Gasteiger partial charge in [0.05, 0.1) is 26.3 Å². The monoisotopic (exact) mass is 322 g/mol. The van der Waals surface area contributed by atoms with Gasteiger partial charge >= 0.3 is 5.97 Å². The SMILES string of the molecule is CCOC(=O)CN(CCOC)CC(=O)Nc1cccc(C)c1C. The van der Waals surface area contributed by atoms with Crippen LogP contribution in [0.3, 0.4) is 0 Å². The van der Waals surface area contributed by atoms with Crippen molar-refractivity contribution in [3.63, 3.8) is 0 Å². The Bertz CT molecular complexity index is 531. The number of nitrogens with one attached hydrogen (secondary N) is 1. The van der Waals surface area contributed by atoms with Crippen molar-refractivity contribution in [2.24, 2.45) is 0 Å². The Morgan fingerprint density at radius 3 is 2.61 bits per heavy atom. The maximum Gasteiger partial charge on any atom is 0.320 e. The molecule has 1 rings (SSSR count). The van der Waals surface area contributed by atoms with Crippen LogP contribution in [0.1, 0.15) is 18.1 Å². The summed E-state index contributed by atoms with van der Waals surface area (Å²) in [6.45, 7) is 7.14. The zero-order valence-electron chi connectivity index (χ0n) is 14.3. The molecular formula is C17H26N2O4. The van der Waals surface area contributed by atoms with Crippen molar-refractivity contribution < 1.29 is 19.1 Å². The van der Waals surface area contributed by atoms with E-state index >= 15 is 0 Å². The highest BCUT2D eigenvalue weighted by molar-refractivity contribution is 5.93. The molecule has 6 nitrogen and oxygen atoms in total. The molecule has 0 bridgehead atoms. The smallest absolute Gasteiger partial charge is 0.320 e. The normalized spacial score (nSPS) is 10.7. The number of nitrogens with zero attached hydrogens (tertiary/aromatic N) is 1. The fraction of sp³-hybridized carbons (Fsp3) is 0.529. The lowest BCUT2D eigenvalue weighted by Crippen LogP contribution is -2.39. The molecule has 0 unspecified atom stereocenters. The van der Waals surface area contributed by atoms with E-state index in [4.69, 9.17) is 9.47 Å². The van der Waals surface area contributed by atoms with Crippen LogP contribution in [0.2, 0.25) is 0 Å². The van der Waals surface area contributed by atoms with Gasteiger partial charge in [-0.3, -0.25) is 14.5 Å². The van der Waals surface area contributed by atoms with Crippen LogP contribution in [0.5, 0.6) is 0 Å². The molecule has 1 N–H and O–H groups in total. The first-order valence-corrected chi connectivity index (χ1v) is 7.70. The van der Waals surface area contributed by atoms with Crippen LogP contribution in [0.15, 0.2) is 18.2 Å². The van der Waals surface area contributed by atoms with Crippen molar-refractivity contribution in [1.29, 1.82) is 0 Å². The van der Waals surface area contributed by atoms with Crippen molar-refractivity contribution in [3.8, 4) is 0 Å². The number of rotatable bonds is 9. The Hall–Kier alpha value is -1.92. The lowest BCUT2D eigenvalue weighted by Gasteiger charge is -2.20. The molecule has 0 aromatic heterocycles. The maximum atomic E-state index is 12.2. The fourth-order valence-corrected chi connectivity index (χ4v) is 2.10. The molecule has 0 saturated heterocycles. The van der Waals surface area contributed by atoms with Crippen LogP contribution in [-0.4, -0.2) is 56.7 Å². The summed E-state index contributed by atoms with van der Waals surface area (Å²) in [5.41, 5.74) is 2.94. The van der Waals surface area contributed by atoms with Gasteiger partial charge in [0.1, 0.15) is 0 Å². The molecule has 1 aromatic rings. The second-order valence-corrected chi connectivity index (χ2v) is 5.30. The van der Waals surface area contributed by atoms with Crippen LogP contribution in [-0.2, 0) is 19.1 Å². The van der Waals surface area contributed by atoms with E-state index in [0.717, 1.165) is 16.8 Å². The number of hydrogen-bond donors (Lipinski definition) is 1. The average Bonchev–Trinajstić information content (AvgIpc) is 2.49. The number of aryl methyl sites for hydroxylation is 1. The Morgan fingerprint density at radius 2 is 1.96 bits per heavy atom. The van der Waals surface area contributed by atoms with Crippen molar-refractivity contribution >= 4 is 17.6 Å². The van der Waals surface area contributed by atoms with Crippen molar-refractivity contribution in [2.75, 3.05) is 45.3 Å². The highest BCUT2D eigenvalue weighted by Gasteiger charge is 2.16. The van der Waals surface area contributed by atoms with Crippen LogP contribution in [0.4, 0.5) is 5.69 Å². The van der Waals surface area contributed by atoms with E-state index in [9.17, 15) is 9.59 Å². The van der Waals surface area contributed by atoms with Crippen molar-refractivity contribution in [2.45, 2.75) is 20.8 Å². The maximum absolute atomic E-state index is 12.2. The number of carbonyl (C=O) groups is 2. The van der Waals surface area contributed by atoms with Crippen LogP contribution < -0.4 is 5.32 Å². The first-order valence-electron chi connectivity index (χ1n) is 7.70. The number of amides is 1. The molecule has 0 aliphatic heterocycles. The summed E-state index contributed by atoms with van der Waals surface area (Å²) in [7, 11) is 1.58. The number of ether oxygens (including phenoxy) is 2. The molecule has 1 amide bonds. The van der Waals surface area contributed by atoms with E-state index in [0.29, 0.717) is 19.8 Å². The molecule has 23 heavy (non-hydrogen) atoms. The summed E-state index contributed by atoms with van der Waals surface area (Å²) >= 11 is 0. The van der Waals surface area contributed by atoms with Crippen molar-refractivity contribution in [1.82, 2.24) is 4.90 Å². The molecule has 0 aliphatic rings. The molecule has 0 heterocycles. The van der Waals surface area contributed by atoms with Gasteiger partial charge in [-0.25, -0.2) is 0 Å². The van der Waals surface area contributed by atoms with Gasteiger partial charge < -0.3 is 14.8 Å². The van der Waals surface area contributed by atoms with Gasteiger partial charge in [0.15, 0.2) is 0 Å². The highest BCUT2D eigenvalue weighted by Crippen LogP contribution is 2.17. The van der Waals surface area contributed by atoms with Gasteiger partial charge in [0.25, 0.3) is 0 Å². The van der Waals surface area contributed by atoms with Crippen LogP contribution in [0.25, 0.3) is 0 Å². The Balaban J connectivity index is 2.64. The minimum absolute atomic E-state index is 0.0669. The standard InChI is InChI=1S/C17H26N2O4/c1-5-23-17(21)12-19(9-10-22-4)11-16(20)18-15-8-6-7-13(2)14(15)3/h6-8H,5,9-12H2,1-4H3,(H,18,20). The quantitative estimate of drug-likeness (QED) is 0.702. The second kappa shape index (κ2) is 9.97. The third-order valence-corrected chi connectivity index (χ3v) is 3.52. The zero-order valence-corrected chi connectivity index (χ0v) is 14.3. The number of hydrogen-bond acceptors (Lipinski definition) is 5. The van der Waals surface area contributed by atoms with E-state index in [1.807, 2.05) is 32.0 Å². The molecule has 0 spiro atoms. The van der Waals surface area contributed by atoms with E-state index in [-0.39, 0.29) is 25.0 Å². The van der Waals surface area contributed by atoms with Gasteiger partial charge in [0.2, 0.25) is 5.91 Å². The summed E-state index contributed by atoms with van der Waals surface area (Å²) in [6.07, 6.45) is 0. The van der Waals surface area contributed by atoms with Gasteiger partial charge in [-0.15, -0.1) is 0 Å². The van der Waals surface area contributed by atoms with Gasteiger partial charge in [-0.2, -0.15) is 0 Å². The topological polar surface area (TPSA) is 67.9 Å². The third-order valence-electron chi connectivity index (χ3n) is 3.52. The molecule has 6 heteroatoms. The van der Waals surface area contributed by atoms with Gasteiger partial charge in [-0.05, 0) is 38.0 Å². The van der Waals surface area contributed by atoms with Crippen LogP contribution in [0, 0.1) is 13.8 Å². The Kier molecular flexibility index (Phi) is 8.29. The highest BCUT2D eigenvalue weighted by atomic mass is 16.5. The first kappa shape index (κ1) is 19.1. The molecule has 1 aromatic carbocycles. The third kappa shape index (κ3) is 6.80. The molecule has 0 aliphatic carbocycles. The Morgan fingerprint density at radius 1 is 1.22 bits per heavy atom. The summed E-state index contributed by atoms with van der Waals surface area (Å²) in [5, 5.41) is 2.89. The summed E-state index contributed by atoms with van der Waals surface area (Å²) in [5.74, 6) is -0.512. The van der Waals surface area contributed by atoms with Crippen molar-refractivity contribution in [3.05, 3.63) is 29.3 Å². The average molecular weight is 322 g/mol. The number of carbonyl (C=O) groups excluding carboxylic acids is 2. The molecule has 128 valence electrons. The fourth-order valence-electron chi connectivity index (χ4n) is 2.10. The largest absolute Gasteiger partial charge is 0.465 e. The van der Waals surface area contributed by atoms with E-state index < -0.39 is 0 Å². The lowest BCUT2D eigenvalue weighted by molar-refractivity contribution is -0.144. The molecule has 0 radical (unpaired) electrons. The van der Waals surface area contributed by atoms with E-state index in [2.05, 4.69) is 5.32 Å². The number of benzene rings is 1. The van der Waals surface area contributed by atoms with Crippen LogP contribution >= 0.6 is 0 Å². The number of anilines is 1. The first-order chi connectivity index (χ1) is 11.0. The molecule has 0 fully saturated rings. The summed E-state index contributed by atoms with van der Waals surface area (Å²) in [6, 6.07) is 5.76. The van der Waals surface area contributed by atoms with E-state index in [1.165, 1.54) is 0 Å². The van der Waals surface area contributed by atoms with E-state index in [1.54, 1.807) is 18.9 Å². The molecule has 0 atom stereocenters. The summed E-state index contributed by atoms with van der Waals surface area (Å²) in [4.78, 5) is 25.6. The molecular weight excluding hydrogens is 296 g/mol. The second-order valence-electron chi connectivity index (χ2n) is 5.30. The lowest BCUT2D eigenvalue weighted by atomic mass is 10.1. The summed E-state index contributed by atoms with van der Waals surface area (Å²) < 4.78 is 9.96. The minimum atomic E-state index is -0.344. The predicted molar refractivity (Wildman–Crippen MR) is 89.5 cm³/mol.